The van der Waals surface area contributed by atoms with E-state index in [1.54, 1.807) is 7.11 Å². The predicted octanol–water partition coefficient (Wildman–Crippen LogP) is 1.91. The van der Waals surface area contributed by atoms with Crippen LogP contribution in [0.3, 0.4) is 0 Å². The number of hydrogen-bond donors (Lipinski definition) is 1. The smallest absolute Gasteiger partial charge is 0.229 e. The zero-order valence-electron chi connectivity index (χ0n) is 12.5. The molecule has 20 heavy (non-hydrogen) atoms. The SMILES string of the molecule is COc1cc(C)nc(N2CCNCC23CCCCC3)n1. The Balaban J connectivity index is 1.95. The Morgan fingerprint density at radius 3 is 2.80 bits per heavy atom. The van der Waals surface area contributed by atoms with E-state index in [2.05, 4.69) is 20.2 Å². The molecule has 3 rings (SSSR count). The molecule has 0 amide bonds. The number of anilines is 1. The number of aromatic nitrogens is 2. The monoisotopic (exact) mass is 276 g/mol. The number of aryl methyl sites for hydroxylation is 1. The van der Waals surface area contributed by atoms with Gasteiger partial charge in [-0.1, -0.05) is 19.3 Å². The molecule has 1 N–H and O–H groups in total. The van der Waals surface area contributed by atoms with Crippen LogP contribution in [0.4, 0.5) is 5.95 Å². The highest BCUT2D eigenvalue weighted by molar-refractivity contribution is 5.40. The van der Waals surface area contributed by atoms with E-state index >= 15 is 0 Å². The normalized spacial score (nSPS) is 22.0. The average molecular weight is 276 g/mol. The summed E-state index contributed by atoms with van der Waals surface area (Å²) >= 11 is 0. The van der Waals surface area contributed by atoms with Crippen LogP contribution in [0.15, 0.2) is 6.07 Å². The first-order chi connectivity index (χ1) is 9.73. The molecule has 2 fully saturated rings. The molecule has 0 unspecified atom stereocenters. The molecule has 1 saturated carbocycles. The van der Waals surface area contributed by atoms with Crippen molar-refractivity contribution < 1.29 is 4.74 Å². The van der Waals surface area contributed by atoms with Gasteiger partial charge in [-0.25, -0.2) is 4.98 Å². The number of piperazine rings is 1. The minimum Gasteiger partial charge on any atom is -0.481 e. The van der Waals surface area contributed by atoms with Gasteiger partial charge in [-0.2, -0.15) is 4.98 Å². The molecule has 1 aliphatic carbocycles. The first-order valence-electron chi connectivity index (χ1n) is 7.62. The van der Waals surface area contributed by atoms with E-state index in [1.807, 2.05) is 13.0 Å². The van der Waals surface area contributed by atoms with Crippen LogP contribution in [0.25, 0.3) is 0 Å². The fourth-order valence-corrected chi connectivity index (χ4v) is 3.56. The van der Waals surface area contributed by atoms with Crippen molar-refractivity contribution in [1.82, 2.24) is 15.3 Å². The Hall–Kier alpha value is -1.36. The summed E-state index contributed by atoms with van der Waals surface area (Å²) in [7, 11) is 1.67. The lowest BCUT2D eigenvalue weighted by atomic mass is 9.79. The quantitative estimate of drug-likeness (QED) is 0.894. The highest BCUT2D eigenvalue weighted by atomic mass is 16.5. The third kappa shape index (κ3) is 2.46. The van der Waals surface area contributed by atoms with Gasteiger partial charge in [0.2, 0.25) is 11.8 Å². The van der Waals surface area contributed by atoms with Gasteiger partial charge >= 0.3 is 0 Å². The van der Waals surface area contributed by atoms with Gasteiger partial charge in [0, 0.05) is 31.4 Å². The first-order valence-corrected chi connectivity index (χ1v) is 7.62. The van der Waals surface area contributed by atoms with Crippen molar-refractivity contribution >= 4 is 5.95 Å². The summed E-state index contributed by atoms with van der Waals surface area (Å²) in [5.41, 5.74) is 1.17. The standard InChI is InChI=1S/C15H24N4O/c1-12-10-13(20-2)18-14(17-12)19-9-8-16-11-15(19)6-4-3-5-7-15/h10,16H,3-9,11H2,1-2H3. The lowest BCUT2D eigenvalue weighted by molar-refractivity contribution is 0.237. The fourth-order valence-electron chi connectivity index (χ4n) is 3.56. The summed E-state index contributed by atoms with van der Waals surface area (Å²) in [4.78, 5) is 11.7. The van der Waals surface area contributed by atoms with Crippen LogP contribution in [0.2, 0.25) is 0 Å². The van der Waals surface area contributed by atoms with Crippen molar-refractivity contribution in [2.24, 2.45) is 0 Å². The van der Waals surface area contributed by atoms with E-state index < -0.39 is 0 Å². The van der Waals surface area contributed by atoms with Crippen LogP contribution in [0.5, 0.6) is 5.88 Å². The van der Waals surface area contributed by atoms with E-state index in [1.165, 1.54) is 32.1 Å². The van der Waals surface area contributed by atoms with Crippen molar-refractivity contribution in [2.75, 3.05) is 31.6 Å². The lowest BCUT2D eigenvalue weighted by Crippen LogP contribution is -2.62. The second-order valence-electron chi connectivity index (χ2n) is 5.97. The first kappa shape index (κ1) is 13.6. The van der Waals surface area contributed by atoms with Crippen LogP contribution in [0.1, 0.15) is 37.8 Å². The van der Waals surface area contributed by atoms with Crippen molar-refractivity contribution in [3.8, 4) is 5.88 Å². The molecule has 5 heteroatoms. The Morgan fingerprint density at radius 1 is 1.25 bits per heavy atom. The number of nitrogens with one attached hydrogen (secondary N) is 1. The maximum Gasteiger partial charge on any atom is 0.229 e. The van der Waals surface area contributed by atoms with Gasteiger partial charge in [-0.15, -0.1) is 0 Å². The highest BCUT2D eigenvalue weighted by Gasteiger charge is 2.41. The predicted molar refractivity (Wildman–Crippen MR) is 79.4 cm³/mol. The molecule has 0 radical (unpaired) electrons. The molecule has 110 valence electrons. The third-order valence-corrected chi connectivity index (χ3v) is 4.59. The van der Waals surface area contributed by atoms with Crippen LogP contribution in [0, 0.1) is 6.92 Å². The van der Waals surface area contributed by atoms with Crippen molar-refractivity contribution in [3.63, 3.8) is 0 Å². The van der Waals surface area contributed by atoms with E-state index in [4.69, 9.17) is 4.74 Å². The summed E-state index contributed by atoms with van der Waals surface area (Å²) in [6, 6.07) is 1.89. The Morgan fingerprint density at radius 2 is 2.05 bits per heavy atom. The molecule has 0 bridgehead atoms. The molecular formula is C15H24N4O. The third-order valence-electron chi connectivity index (χ3n) is 4.59. The van der Waals surface area contributed by atoms with Gasteiger partial charge in [0.15, 0.2) is 0 Å². The molecule has 2 aliphatic rings. The number of rotatable bonds is 2. The van der Waals surface area contributed by atoms with E-state index in [-0.39, 0.29) is 5.54 Å². The zero-order valence-corrected chi connectivity index (χ0v) is 12.5. The molecular weight excluding hydrogens is 252 g/mol. The number of hydrogen-bond acceptors (Lipinski definition) is 5. The summed E-state index contributed by atoms with van der Waals surface area (Å²) in [6.45, 7) is 5.03. The van der Waals surface area contributed by atoms with Gasteiger partial charge in [-0.3, -0.25) is 0 Å². The average Bonchev–Trinajstić information content (AvgIpc) is 2.48. The lowest BCUT2D eigenvalue weighted by Gasteiger charge is -2.49. The van der Waals surface area contributed by atoms with Crippen molar-refractivity contribution in [3.05, 3.63) is 11.8 Å². The van der Waals surface area contributed by atoms with Crippen LogP contribution < -0.4 is 15.0 Å². The van der Waals surface area contributed by atoms with E-state index in [0.717, 1.165) is 31.3 Å². The molecule has 2 heterocycles. The van der Waals surface area contributed by atoms with Gasteiger partial charge < -0.3 is 15.0 Å². The van der Waals surface area contributed by atoms with Crippen molar-refractivity contribution in [1.29, 1.82) is 0 Å². The molecule has 0 atom stereocenters. The zero-order chi connectivity index (χ0) is 14.0. The number of nitrogens with zero attached hydrogens (tertiary/aromatic N) is 3. The second kappa shape index (κ2) is 5.56. The Labute approximate surface area is 120 Å². The van der Waals surface area contributed by atoms with E-state index in [9.17, 15) is 0 Å². The summed E-state index contributed by atoms with van der Waals surface area (Å²) in [6.07, 6.45) is 6.44. The summed E-state index contributed by atoms with van der Waals surface area (Å²) < 4.78 is 5.31. The maximum atomic E-state index is 5.31. The van der Waals surface area contributed by atoms with E-state index in [0.29, 0.717) is 5.88 Å². The van der Waals surface area contributed by atoms with Crippen molar-refractivity contribution in [2.45, 2.75) is 44.6 Å². The molecule has 1 aromatic rings. The largest absolute Gasteiger partial charge is 0.481 e. The fraction of sp³-hybridized carbons (Fsp3) is 0.733. The van der Waals surface area contributed by atoms with Gasteiger partial charge in [0.1, 0.15) is 0 Å². The minimum absolute atomic E-state index is 0.204. The topological polar surface area (TPSA) is 50.3 Å². The van der Waals surface area contributed by atoms with Gasteiger partial charge in [-0.05, 0) is 19.8 Å². The summed E-state index contributed by atoms with van der Waals surface area (Å²) in [5.74, 6) is 1.50. The highest BCUT2D eigenvalue weighted by Crippen LogP contribution is 2.36. The van der Waals surface area contributed by atoms with Gasteiger partial charge in [0.25, 0.3) is 0 Å². The molecule has 1 saturated heterocycles. The number of ether oxygens (including phenoxy) is 1. The van der Waals surface area contributed by atoms with Crippen LogP contribution >= 0.6 is 0 Å². The summed E-state index contributed by atoms with van der Waals surface area (Å²) in [5, 5.41) is 3.56. The van der Waals surface area contributed by atoms with Gasteiger partial charge in [0.05, 0.1) is 12.6 Å². The van der Waals surface area contributed by atoms with Crippen LogP contribution in [-0.2, 0) is 0 Å². The molecule has 0 aromatic carbocycles. The molecule has 1 aliphatic heterocycles. The van der Waals surface area contributed by atoms with Crippen LogP contribution in [-0.4, -0.2) is 42.3 Å². The number of methoxy groups -OCH3 is 1. The minimum atomic E-state index is 0.204. The Bertz CT molecular complexity index is 463. The Kier molecular flexibility index (Phi) is 3.78. The second-order valence-corrected chi connectivity index (χ2v) is 5.97. The molecule has 1 aromatic heterocycles. The maximum absolute atomic E-state index is 5.31. The molecule has 5 nitrogen and oxygen atoms in total. The molecule has 1 spiro atoms.